The van der Waals surface area contributed by atoms with Crippen LogP contribution in [0.2, 0.25) is 0 Å². The molecule has 0 aliphatic carbocycles. The molecule has 142 valence electrons. The summed E-state index contributed by atoms with van der Waals surface area (Å²) in [6.45, 7) is 2.49. The van der Waals surface area contributed by atoms with Crippen molar-refractivity contribution >= 4 is 29.0 Å². The summed E-state index contributed by atoms with van der Waals surface area (Å²) >= 11 is 1.30. The zero-order valence-electron chi connectivity index (χ0n) is 14.9. The maximum atomic E-state index is 12.9. The Kier molecular flexibility index (Phi) is 4.78. The Hall–Kier alpha value is -3.27. The van der Waals surface area contributed by atoms with Crippen LogP contribution < -0.4 is 4.90 Å². The summed E-state index contributed by atoms with van der Waals surface area (Å²) in [7, 11) is 0. The first kappa shape index (κ1) is 18.1. The van der Waals surface area contributed by atoms with E-state index < -0.39 is 4.92 Å². The van der Waals surface area contributed by atoms with Gasteiger partial charge in [0.05, 0.1) is 21.5 Å². The number of rotatable bonds is 5. The van der Waals surface area contributed by atoms with E-state index in [-0.39, 0.29) is 16.8 Å². The summed E-state index contributed by atoms with van der Waals surface area (Å²) in [5, 5.41) is 23.0. The molecule has 2 heterocycles. The first-order valence-corrected chi connectivity index (χ1v) is 9.49. The van der Waals surface area contributed by atoms with Gasteiger partial charge < -0.3 is 4.90 Å². The first-order chi connectivity index (χ1) is 13.5. The highest BCUT2D eigenvalue weighted by molar-refractivity contribution is 8.00. The van der Waals surface area contributed by atoms with Crippen LogP contribution in [0.25, 0.3) is 5.69 Å². The number of aryl methyl sites for hydroxylation is 1. The molecule has 1 aliphatic rings. The van der Waals surface area contributed by atoms with Gasteiger partial charge in [0.1, 0.15) is 0 Å². The fourth-order valence-corrected chi connectivity index (χ4v) is 4.05. The number of nitrogens with zero attached hydrogens (tertiary/aromatic N) is 6. The number of hydrogen-bond acceptors (Lipinski definition) is 7. The number of carbonyl (C=O) groups excluding carboxylic acids is 1. The van der Waals surface area contributed by atoms with Gasteiger partial charge in [0.2, 0.25) is 11.1 Å². The molecule has 1 unspecified atom stereocenters. The highest BCUT2D eigenvalue weighted by Crippen LogP contribution is 2.33. The number of thioether (sulfide) groups is 1. The molecule has 1 fully saturated rings. The molecule has 1 aromatic heterocycles. The third-order valence-corrected chi connectivity index (χ3v) is 5.66. The van der Waals surface area contributed by atoms with Crippen molar-refractivity contribution in [2.45, 2.75) is 23.8 Å². The average Bonchev–Trinajstić information content (AvgIpc) is 3.30. The van der Waals surface area contributed by atoms with Crippen molar-refractivity contribution in [3.05, 3.63) is 64.2 Å². The van der Waals surface area contributed by atoms with E-state index in [0.29, 0.717) is 23.8 Å². The predicted molar refractivity (Wildman–Crippen MR) is 104 cm³/mol. The second-order valence-electron chi connectivity index (χ2n) is 6.37. The molecule has 28 heavy (non-hydrogen) atoms. The van der Waals surface area contributed by atoms with Crippen LogP contribution in [0.4, 0.5) is 11.4 Å². The Balaban J connectivity index is 1.53. The van der Waals surface area contributed by atoms with Crippen molar-refractivity contribution in [2.24, 2.45) is 0 Å². The van der Waals surface area contributed by atoms with Gasteiger partial charge in [-0.1, -0.05) is 35.5 Å². The fraction of sp³-hybridized carbons (Fsp3) is 0.222. The average molecular weight is 396 g/mol. The van der Waals surface area contributed by atoms with Gasteiger partial charge in [0.25, 0.3) is 5.69 Å². The fourth-order valence-electron chi connectivity index (χ4n) is 3.02. The highest BCUT2D eigenvalue weighted by atomic mass is 32.2. The van der Waals surface area contributed by atoms with E-state index in [2.05, 4.69) is 15.5 Å². The van der Waals surface area contributed by atoms with Crippen LogP contribution in [0, 0.1) is 17.0 Å². The van der Waals surface area contributed by atoms with E-state index in [1.807, 2.05) is 31.2 Å². The lowest BCUT2D eigenvalue weighted by Crippen LogP contribution is -2.28. The Morgan fingerprint density at radius 2 is 1.96 bits per heavy atom. The standard InChI is InChI=1S/C18H16N6O3S/c1-12-5-7-13(8-6-12)23-18(19-20-21-23)28-16-9-10-22(17(16)25)14-3-2-4-15(11-14)24(26)27/h2-8,11,16H,9-10H2,1H3. The van der Waals surface area contributed by atoms with E-state index in [1.54, 1.807) is 21.7 Å². The van der Waals surface area contributed by atoms with Crippen LogP contribution in [-0.4, -0.2) is 42.8 Å². The minimum Gasteiger partial charge on any atom is -0.311 e. The number of benzene rings is 2. The summed E-state index contributed by atoms with van der Waals surface area (Å²) in [6.07, 6.45) is 0.604. The SMILES string of the molecule is Cc1ccc(-n2nnnc2SC2CCN(c3cccc([N+](=O)[O-])c3)C2=O)cc1. The number of amides is 1. The number of carbonyl (C=O) groups is 1. The Labute approximate surface area is 164 Å². The topological polar surface area (TPSA) is 107 Å². The van der Waals surface area contributed by atoms with Crippen molar-refractivity contribution in [2.75, 3.05) is 11.4 Å². The second kappa shape index (κ2) is 7.39. The lowest BCUT2D eigenvalue weighted by Gasteiger charge is -2.16. The first-order valence-electron chi connectivity index (χ1n) is 8.61. The van der Waals surface area contributed by atoms with Gasteiger partial charge in [-0.15, -0.1) is 5.10 Å². The van der Waals surface area contributed by atoms with Crippen LogP contribution in [0.5, 0.6) is 0 Å². The van der Waals surface area contributed by atoms with E-state index in [4.69, 9.17) is 0 Å². The van der Waals surface area contributed by atoms with E-state index >= 15 is 0 Å². The maximum absolute atomic E-state index is 12.9. The summed E-state index contributed by atoms with van der Waals surface area (Å²) in [6, 6.07) is 13.9. The zero-order chi connectivity index (χ0) is 19.7. The monoisotopic (exact) mass is 396 g/mol. The van der Waals surface area contributed by atoms with Gasteiger partial charge in [-0.3, -0.25) is 14.9 Å². The summed E-state index contributed by atoms with van der Waals surface area (Å²) < 4.78 is 1.60. The predicted octanol–water partition coefficient (Wildman–Crippen LogP) is 2.78. The van der Waals surface area contributed by atoms with Crippen molar-refractivity contribution in [1.29, 1.82) is 0 Å². The number of hydrogen-bond donors (Lipinski definition) is 0. The molecule has 1 saturated heterocycles. The molecule has 0 spiro atoms. The lowest BCUT2D eigenvalue weighted by atomic mass is 10.2. The summed E-state index contributed by atoms with van der Waals surface area (Å²) in [5.74, 6) is -0.107. The molecule has 4 rings (SSSR count). The van der Waals surface area contributed by atoms with Gasteiger partial charge in [-0.25, -0.2) is 0 Å². The largest absolute Gasteiger partial charge is 0.311 e. The van der Waals surface area contributed by atoms with Crippen LogP contribution in [0.1, 0.15) is 12.0 Å². The van der Waals surface area contributed by atoms with Crippen molar-refractivity contribution in [3.8, 4) is 5.69 Å². The molecule has 0 saturated carbocycles. The van der Waals surface area contributed by atoms with Crippen molar-refractivity contribution < 1.29 is 9.72 Å². The minimum absolute atomic E-state index is 0.0373. The van der Waals surface area contributed by atoms with Crippen molar-refractivity contribution in [1.82, 2.24) is 20.2 Å². The van der Waals surface area contributed by atoms with Gasteiger partial charge in [-0.05, 0) is 42.0 Å². The van der Waals surface area contributed by atoms with Gasteiger partial charge in [-0.2, -0.15) is 4.68 Å². The third-order valence-electron chi connectivity index (χ3n) is 4.48. The smallest absolute Gasteiger partial charge is 0.271 e. The summed E-state index contributed by atoms with van der Waals surface area (Å²) in [5.41, 5.74) is 2.44. The maximum Gasteiger partial charge on any atom is 0.271 e. The van der Waals surface area contributed by atoms with Crippen LogP contribution in [0.3, 0.4) is 0 Å². The highest BCUT2D eigenvalue weighted by Gasteiger charge is 2.35. The summed E-state index contributed by atoms with van der Waals surface area (Å²) in [4.78, 5) is 25.0. The van der Waals surface area contributed by atoms with Crippen LogP contribution >= 0.6 is 11.8 Å². The number of nitro benzene ring substituents is 1. The number of tetrazole rings is 1. The molecular formula is C18H16N6O3S. The van der Waals surface area contributed by atoms with E-state index in [0.717, 1.165) is 11.3 Å². The molecule has 3 aromatic rings. The minimum atomic E-state index is -0.466. The molecule has 1 aliphatic heterocycles. The van der Waals surface area contributed by atoms with Gasteiger partial charge >= 0.3 is 0 Å². The second-order valence-corrected chi connectivity index (χ2v) is 7.54. The van der Waals surface area contributed by atoms with Gasteiger partial charge in [0.15, 0.2) is 0 Å². The molecule has 2 aromatic carbocycles. The molecule has 10 heteroatoms. The molecule has 1 amide bonds. The molecule has 1 atom stereocenters. The molecule has 0 radical (unpaired) electrons. The van der Waals surface area contributed by atoms with E-state index in [1.165, 1.54) is 23.9 Å². The Morgan fingerprint density at radius 1 is 1.18 bits per heavy atom. The molecule has 0 N–H and O–H groups in total. The molecule has 9 nitrogen and oxygen atoms in total. The molecular weight excluding hydrogens is 380 g/mol. The normalized spacial score (nSPS) is 16.5. The Morgan fingerprint density at radius 3 is 2.71 bits per heavy atom. The van der Waals surface area contributed by atoms with Crippen molar-refractivity contribution in [3.63, 3.8) is 0 Å². The van der Waals surface area contributed by atoms with Gasteiger partial charge in [0, 0.05) is 18.7 Å². The number of nitro groups is 1. The number of anilines is 1. The third kappa shape index (κ3) is 3.46. The van der Waals surface area contributed by atoms with Crippen LogP contribution in [0.15, 0.2) is 53.7 Å². The molecule has 0 bridgehead atoms. The lowest BCUT2D eigenvalue weighted by molar-refractivity contribution is -0.384. The number of non-ortho nitro benzene ring substituents is 1. The zero-order valence-corrected chi connectivity index (χ0v) is 15.7. The number of aromatic nitrogens is 4. The van der Waals surface area contributed by atoms with Crippen LogP contribution in [-0.2, 0) is 4.79 Å². The quantitative estimate of drug-likeness (QED) is 0.482. The van der Waals surface area contributed by atoms with E-state index in [9.17, 15) is 14.9 Å². The Bertz CT molecular complexity index is 1040.